The van der Waals surface area contributed by atoms with Crippen molar-refractivity contribution >= 4 is 25.6 Å². The van der Waals surface area contributed by atoms with Gasteiger partial charge in [-0.3, -0.25) is 0 Å². The summed E-state index contributed by atoms with van der Waals surface area (Å²) in [6.07, 6.45) is 0.875. The third-order valence-corrected chi connectivity index (χ3v) is 16.3. The van der Waals surface area contributed by atoms with Gasteiger partial charge in [-0.25, -0.2) is 43.9 Å². The summed E-state index contributed by atoms with van der Waals surface area (Å²) in [6, 6.07) is 8.24. The molecule has 0 nitrogen and oxygen atoms in total. The van der Waals surface area contributed by atoms with Gasteiger partial charge >= 0.3 is 0 Å². The first-order valence-corrected chi connectivity index (χ1v) is 19.0. The Morgan fingerprint density at radius 3 is 1.17 bits per heavy atom. The molecule has 2 aliphatic rings. The van der Waals surface area contributed by atoms with Crippen molar-refractivity contribution in [2.75, 3.05) is 0 Å². The molecule has 2 saturated carbocycles. The number of hydrogen-bond acceptors (Lipinski definition) is 0. The topological polar surface area (TPSA) is 0 Å². The molecule has 0 amide bonds. The molecule has 0 unspecified atom stereocenters. The normalized spacial score (nSPS) is 23.0. The van der Waals surface area contributed by atoms with Crippen LogP contribution in [0.4, 0.5) is 43.9 Å². The summed E-state index contributed by atoms with van der Waals surface area (Å²) in [5.74, 6) is -26.9. The van der Waals surface area contributed by atoms with Crippen LogP contribution in [0.3, 0.4) is 0 Å². The van der Waals surface area contributed by atoms with Crippen LogP contribution in [-0.4, -0.2) is 22.2 Å². The van der Waals surface area contributed by atoms with E-state index in [1.165, 1.54) is 0 Å². The Balaban J connectivity index is 0.000000398. The van der Waals surface area contributed by atoms with Crippen molar-refractivity contribution in [3.05, 3.63) is 94.1 Å². The van der Waals surface area contributed by atoms with Gasteiger partial charge in [0.2, 0.25) is 0 Å². The average Bonchev–Trinajstić information content (AvgIpc) is 3.35. The molecule has 2 bridgehead atoms. The minimum absolute atomic E-state index is 0.332. The van der Waals surface area contributed by atoms with Crippen molar-refractivity contribution in [1.29, 1.82) is 0 Å². The molecule has 52 heavy (non-hydrogen) atoms. The molecule has 1 radical (unpaired) electrons. The Morgan fingerprint density at radius 2 is 0.865 bits per heavy atom. The highest BCUT2D eigenvalue weighted by Gasteiger charge is 2.65. The Bertz CT molecular complexity index is 1660. The van der Waals surface area contributed by atoms with Crippen LogP contribution in [0.2, 0.25) is 5.82 Å². The Hall–Kier alpha value is -2.55. The van der Waals surface area contributed by atoms with Crippen LogP contribution in [0, 0.1) is 74.9 Å². The smallest absolute Gasteiger partial charge is 0.200 e. The van der Waals surface area contributed by atoms with Gasteiger partial charge in [0.05, 0.1) is 15.5 Å². The number of fused-ring (bicyclic) bond motifs is 2. The van der Waals surface area contributed by atoms with Crippen molar-refractivity contribution in [3.63, 3.8) is 0 Å². The van der Waals surface area contributed by atoms with Gasteiger partial charge in [-0.05, 0) is 97.8 Å². The Labute approximate surface area is 303 Å². The first kappa shape index (κ1) is 42.2. The van der Waals surface area contributed by atoms with E-state index < -0.39 is 112 Å². The van der Waals surface area contributed by atoms with Crippen molar-refractivity contribution in [2.45, 2.75) is 123 Å². The molecule has 2 fully saturated rings. The van der Waals surface area contributed by atoms with Gasteiger partial charge in [0, 0.05) is 7.92 Å². The molecule has 0 aliphatic heterocycles. The van der Waals surface area contributed by atoms with E-state index in [-0.39, 0.29) is 0 Å². The van der Waals surface area contributed by atoms with Crippen molar-refractivity contribution in [1.82, 2.24) is 0 Å². The fourth-order valence-electron chi connectivity index (χ4n) is 10.8. The largest absolute Gasteiger partial charge is 0.207 e. The highest BCUT2D eigenvalue weighted by Crippen LogP contribution is 2.76. The number of halogens is 10. The molecule has 5 rings (SSSR count). The van der Waals surface area contributed by atoms with Gasteiger partial charge in [0.15, 0.2) is 34.9 Å². The van der Waals surface area contributed by atoms with Crippen LogP contribution >= 0.6 is 7.92 Å². The first-order chi connectivity index (χ1) is 23.5. The molecular formula is C40H49BF10P. The molecule has 3 aromatic carbocycles. The minimum atomic E-state index is -2.51. The molecule has 0 N–H and O–H groups in total. The van der Waals surface area contributed by atoms with Gasteiger partial charge in [-0.15, -0.1) is 0 Å². The summed E-state index contributed by atoms with van der Waals surface area (Å²) < 4.78 is 147. The molecule has 2 aliphatic carbocycles. The fourth-order valence-corrected chi connectivity index (χ4v) is 17.6. The predicted molar refractivity (Wildman–Crippen MR) is 193 cm³/mol. The van der Waals surface area contributed by atoms with Crippen molar-refractivity contribution in [3.8, 4) is 0 Å². The molecule has 0 aromatic heterocycles. The Kier molecular flexibility index (Phi) is 11.3. The lowest BCUT2D eigenvalue weighted by atomic mass is 9.28. The molecule has 0 heterocycles. The Morgan fingerprint density at radius 1 is 0.538 bits per heavy atom. The van der Waals surface area contributed by atoms with Gasteiger partial charge in [0.1, 0.15) is 23.3 Å². The van der Waals surface area contributed by atoms with E-state index in [0.29, 0.717) is 33.9 Å². The lowest BCUT2D eigenvalue weighted by Crippen LogP contribution is -2.56. The second-order valence-electron chi connectivity index (χ2n) is 18.3. The van der Waals surface area contributed by atoms with Crippen LogP contribution in [0.1, 0.15) is 107 Å². The summed E-state index contributed by atoms with van der Waals surface area (Å²) in [5.41, 5.74) is -4.17. The molecule has 287 valence electrons. The lowest BCUT2D eigenvalue weighted by Gasteiger charge is -2.48. The summed E-state index contributed by atoms with van der Waals surface area (Å²) in [4.78, 5) is 0. The quantitative estimate of drug-likeness (QED) is 0.0817. The molecule has 4 atom stereocenters. The second-order valence-corrected chi connectivity index (χ2v) is 23.6. The maximum atomic E-state index is 15.4. The minimum Gasteiger partial charge on any atom is -0.207 e. The van der Waals surface area contributed by atoms with E-state index in [9.17, 15) is 26.3 Å². The standard InChI is InChI=1S/C28H21BF10.C12H27P/c1-27(2)12-9-10-28(27,3)13(11-7-5-4-6-8-11)14(12)29(15-17(30)21(34)25(38)22(35)18(15)31)16-19(32)23(36)26(39)24(37)20(16)33;1-10(2,3)13(11(4,5)6)12(7,8)9/h4-8,12-14H,9-10H2,1-3H3;1-9H3/q-1;/p+1/t12-,13+,14-,28+;/m1./s1. The van der Waals surface area contributed by atoms with E-state index in [1.807, 2.05) is 20.8 Å². The first-order valence-electron chi connectivity index (χ1n) is 17.5. The summed E-state index contributed by atoms with van der Waals surface area (Å²) >= 11 is 0. The van der Waals surface area contributed by atoms with Crippen LogP contribution in [0.25, 0.3) is 0 Å². The summed E-state index contributed by atoms with van der Waals surface area (Å²) in [6.45, 7) is 24.7. The SMILES string of the molecule is CC(C)(C)[PH+](C(C)(C)C)C(C)(C)C.CC1(C)[C@@H]2CC[C@@]1(C)[C@@H](c1ccccc1)[C@@H]2[B-](c1c(F)c(F)c(F)c(F)c1F)c1c(F)c(F)c(F)c(F)c1F. The van der Waals surface area contributed by atoms with E-state index in [1.54, 1.807) is 30.3 Å². The zero-order chi connectivity index (χ0) is 39.8. The molecule has 0 saturated heterocycles. The highest BCUT2D eigenvalue weighted by atomic mass is 31.1. The molecule has 0 spiro atoms. The molecular weight excluding hydrogens is 712 g/mol. The highest BCUT2D eigenvalue weighted by molar-refractivity contribution is 7.62. The summed E-state index contributed by atoms with van der Waals surface area (Å²) in [5, 5.41) is 1.46. The van der Waals surface area contributed by atoms with Crippen molar-refractivity contribution < 1.29 is 43.9 Å². The van der Waals surface area contributed by atoms with E-state index in [4.69, 9.17) is 0 Å². The van der Waals surface area contributed by atoms with Gasteiger partial charge in [-0.2, -0.15) is 16.7 Å². The van der Waals surface area contributed by atoms with Crippen LogP contribution in [0.5, 0.6) is 0 Å². The van der Waals surface area contributed by atoms with Crippen LogP contribution in [0.15, 0.2) is 30.3 Å². The fraction of sp³-hybridized carbons (Fsp3) is 0.550. The van der Waals surface area contributed by atoms with Crippen molar-refractivity contribution in [2.24, 2.45) is 16.7 Å². The predicted octanol–water partition coefficient (Wildman–Crippen LogP) is 11.9. The number of hydrogen-bond donors (Lipinski definition) is 0. The third-order valence-electron chi connectivity index (χ3n) is 11.8. The zero-order valence-corrected chi connectivity index (χ0v) is 32.9. The third kappa shape index (κ3) is 6.83. The van der Waals surface area contributed by atoms with E-state index >= 15 is 17.6 Å². The van der Waals surface area contributed by atoms with Gasteiger partial charge in [-0.1, -0.05) is 63.4 Å². The monoisotopic (exact) mass is 761 g/mol. The zero-order valence-electron chi connectivity index (χ0n) is 31.9. The maximum Gasteiger partial charge on any atom is 0.200 e. The molecule has 12 heteroatoms. The average molecular weight is 762 g/mol. The lowest BCUT2D eigenvalue weighted by molar-refractivity contribution is 0.134. The van der Waals surface area contributed by atoms with Crippen LogP contribution in [-0.2, 0) is 0 Å². The maximum absolute atomic E-state index is 15.4. The van der Waals surface area contributed by atoms with E-state index in [0.717, 1.165) is 0 Å². The number of rotatable bonds is 4. The summed E-state index contributed by atoms with van der Waals surface area (Å²) in [7, 11) is -0.391. The van der Waals surface area contributed by atoms with E-state index in [2.05, 4.69) is 62.3 Å². The number of benzene rings is 3. The van der Waals surface area contributed by atoms with Gasteiger partial charge in [0.25, 0.3) is 0 Å². The van der Waals surface area contributed by atoms with Crippen LogP contribution < -0.4 is 10.9 Å². The van der Waals surface area contributed by atoms with Gasteiger partial charge < -0.3 is 0 Å². The molecule has 3 aromatic rings. The second kappa shape index (κ2) is 13.9.